The molecule has 6 nitrogen and oxygen atoms in total. The van der Waals surface area contributed by atoms with Crippen LogP contribution in [-0.2, 0) is 0 Å². The van der Waals surface area contributed by atoms with Gasteiger partial charge in [0.15, 0.2) is 0 Å². The number of nitrogens with one attached hydrogen (secondary N) is 1. The van der Waals surface area contributed by atoms with Gasteiger partial charge in [-0.3, -0.25) is 4.90 Å². The molecule has 0 amide bonds. The van der Waals surface area contributed by atoms with Crippen LogP contribution < -0.4 is 16.0 Å². The van der Waals surface area contributed by atoms with Crippen LogP contribution in [0.1, 0.15) is 12.8 Å². The Hall–Kier alpha value is -2.96. The lowest BCUT2D eigenvalue weighted by molar-refractivity contribution is 0.186. The fourth-order valence-electron chi connectivity index (χ4n) is 4.04. The molecule has 1 aromatic rings. The van der Waals surface area contributed by atoms with Crippen LogP contribution in [0, 0.1) is 28.1 Å². The quantitative estimate of drug-likeness (QED) is 0.761. The highest BCUT2D eigenvalue weighted by molar-refractivity contribution is 5.86. The van der Waals surface area contributed by atoms with Crippen LogP contribution in [0.4, 0.5) is 11.4 Å². The number of fused-ring (bicyclic) bond motifs is 3. The van der Waals surface area contributed by atoms with Crippen LogP contribution in [-0.4, -0.2) is 25.0 Å². The van der Waals surface area contributed by atoms with E-state index in [-0.39, 0.29) is 0 Å². The zero-order valence-corrected chi connectivity index (χ0v) is 13.5. The molecule has 0 radical (unpaired) electrons. The summed E-state index contributed by atoms with van der Waals surface area (Å²) in [6.07, 6.45) is 1.46. The van der Waals surface area contributed by atoms with Gasteiger partial charge in [0.1, 0.15) is 11.6 Å². The van der Waals surface area contributed by atoms with Crippen molar-refractivity contribution >= 4 is 11.4 Å². The summed E-state index contributed by atoms with van der Waals surface area (Å²) < 4.78 is 0. The Balaban J connectivity index is 1.96. The number of nitriles is 2. The molecule has 0 aliphatic carbocycles. The molecule has 0 aromatic heterocycles. The molecular weight excluding hydrogens is 300 g/mol. The van der Waals surface area contributed by atoms with Crippen molar-refractivity contribution < 1.29 is 0 Å². The van der Waals surface area contributed by atoms with Gasteiger partial charge in [-0.2, -0.15) is 10.5 Å². The lowest BCUT2D eigenvalue weighted by Crippen LogP contribution is -2.46. The first-order chi connectivity index (χ1) is 11.6. The van der Waals surface area contributed by atoms with Crippen molar-refractivity contribution in [3.8, 4) is 12.1 Å². The number of nitrogens with two attached hydrogens (primary N) is 1. The van der Waals surface area contributed by atoms with Crippen LogP contribution >= 0.6 is 0 Å². The van der Waals surface area contributed by atoms with Gasteiger partial charge in [-0.1, -0.05) is 12.1 Å². The summed E-state index contributed by atoms with van der Waals surface area (Å²) in [5.41, 5.74) is 8.79. The SMILES string of the molecule is CN1CCC2(CC1)C(C#N)=C(N)N1C(=C2C#N)Nc2ccccc21. The molecule has 3 heterocycles. The van der Waals surface area contributed by atoms with Crippen molar-refractivity contribution in [2.24, 2.45) is 11.1 Å². The molecule has 6 heteroatoms. The van der Waals surface area contributed by atoms with Gasteiger partial charge in [0.25, 0.3) is 0 Å². The second-order valence-electron chi connectivity index (χ2n) is 6.57. The minimum Gasteiger partial charge on any atom is -0.384 e. The lowest BCUT2D eigenvalue weighted by atomic mass is 9.66. The monoisotopic (exact) mass is 318 g/mol. The third-order valence-corrected chi connectivity index (χ3v) is 5.38. The summed E-state index contributed by atoms with van der Waals surface area (Å²) in [5, 5.41) is 23.1. The van der Waals surface area contributed by atoms with Gasteiger partial charge in [0.2, 0.25) is 0 Å². The molecule has 0 atom stereocenters. The van der Waals surface area contributed by atoms with Gasteiger partial charge in [-0.25, -0.2) is 0 Å². The topological polar surface area (TPSA) is 92.1 Å². The van der Waals surface area contributed by atoms with E-state index < -0.39 is 5.41 Å². The number of allylic oxidation sites excluding steroid dienone is 2. The molecule has 0 saturated carbocycles. The molecule has 1 fully saturated rings. The van der Waals surface area contributed by atoms with Crippen molar-refractivity contribution in [3.05, 3.63) is 47.1 Å². The van der Waals surface area contributed by atoms with Crippen molar-refractivity contribution in [1.29, 1.82) is 10.5 Å². The predicted octanol–water partition coefficient (Wildman–Crippen LogP) is 2.07. The van der Waals surface area contributed by atoms with Crippen LogP contribution in [0.2, 0.25) is 0 Å². The summed E-state index contributed by atoms with van der Waals surface area (Å²) in [7, 11) is 2.06. The van der Waals surface area contributed by atoms with E-state index >= 15 is 0 Å². The molecule has 24 heavy (non-hydrogen) atoms. The number of hydrogen-bond donors (Lipinski definition) is 2. The zero-order chi connectivity index (χ0) is 16.9. The van der Waals surface area contributed by atoms with E-state index in [1.165, 1.54) is 0 Å². The number of benzene rings is 1. The minimum atomic E-state index is -0.582. The van der Waals surface area contributed by atoms with Gasteiger partial charge in [-0.05, 0) is 45.1 Å². The number of anilines is 2. The molecule has 3 N–H and O–H groups in total. The molecule has 1 saturated heterocycles. The maximum absolute atomic E-state index is 9.94. The summed E-state index contributed by atoms with van der Waals surface area (Å²) in [5.74, 6) is 1.15. The minimum absolute atomic E-state index is 0.438. The predicted molar refractivity (Wildman–Crippen MR) is 91.2 cm³/mol. The van der Waals surface area contributed by atoms with E-state index in [4.69, 9.17) is 5.73 Å². The lowest BCUT2D eigenvalue weighted by Gasteiger charge is -2.44. The van der Waals surface area contributed by atoms with Gasteiger partial charge < -0.3 is 16.0 Å². The Kier molecular flexibility index (Phi) is 3.06. The van der Waals surface area contributed by atoms with Gasteiger partial charge in [0.05, 0.1) is 40.1 Å². The first-order valence-corrected chi connectivity index (χ1v) is 8.02. The summed E-state index contributed by atoms with van der Waals surface area (Å²) in [6.45, 7) is 1.67. The number of likely N-dealkylation sites (tertiary alicyclic amines) is 1. The van der Waals surface area contributed by atoms with Crippen LogP contribution in [0.3, 0.4) is 0 Å². The second-order valence-corrected chi connectivity index (χ2v) is 6.57. The first kappa shape index (κ1) is 14.6. The Bertz CT molecular complexity index is 858. The Morgan fingerprint density at radius 1 is 1.12 bits per heavy atom. The average molecular weight is 318 g/mol. The molecule has 3 aliphatic heterocycles. The van der Waals surface area contributed by atoms with Crippen molar-refractivity contribution in [2.45, 2.75) is 12.8 Å². The van der Waals surface area contributed by atoms with Gasteiger partial charge in [-0.15, -0.1) is 0 Å². The van der Waals surface area contributed by atoms with E-state index in [1.54, 1.807) is 0 Å². The number of piperidine rings is 1. The van der Waals surface area contributed by atoms with E-state index in [2.05, 4.69) is 29.4 Å². The molecule has 4 rings (SSSR count). The standard InChI is InChI=1S/C18H18N6/c1-23-8-6-18(7-9-23)12(10-19)16(21)24-15-5-3-2-4-14(15)22-17(24)13(18)11-20/h2-5,22H,6-9,21H2,1H3. The van der Waals surface area contributed by atoms with Crippen molar-refractivity contribution in [1.82, 2.24) is 4.90 Å². The number of hydrogen-bond acceptors (Lipinski definition) is 6. The number of para-hydroxylation sites is 2. The molecule has 0 unspecified atom stereocenters. The summed E-state index contributed by atoms with van der Waals surface area (Å²) in [6, 6.07) is 12.5. The smallest absolute Gasteiger partial charge is 0.131 e. The van der Waals surface area contributed by atoms with Crippen molar-refractivity contribution in [2.75, 3.05) is 30.4 Å². The molecular formula is C18H18N6. The van der Waals surface area contributed by atoms with E-state index in [1.807, 2.05) is 29.2 Å². The van der Waals surface area contributed by atoms with Crippen LogP contribution in [0.25, 0.3) is 0 Å². The fourth-order valence-corrected chi connectivity index (χ4v) is 4.04. The first-order valence-electron chi connectivity index (χ1n) is 8.02. The van der Waals surface area contributed by atoms with E-state index in [9.17, 15) is 10.5 Å². The fraction of sp³-hybridized carbons (Fsp3) is 0.333. The van der Waals surface area contributed by atoms with Crippen LogP contribution in [0.15, 0.2) is 47.1 Å². The summed E-state index contributed by atoms with van der Waals surface area (Å²) in [4.78, 5) is 4.04. The Morgan fingerprint density at radius 3 is 2.46 bits per heavy atom. The molecule has 1 aromatic carbocycles. The largest absolute Gasteiger partial charge is 0.384 e. The van der Waals surface area contributed by atoms with E-state index in [0.29, 0.717) is 22.8 Å². The summed E-state index contributed by atoms with van der Waals surface area (Å²) >= 11 is 0. The molecule has 3 aliphatic rings. The van der Waals surface area contributed by atoms with Crippen molar-refractivity contribution in [3.63, 3.8) is 0 Å². The zero-order valence-electron chi connectivity index (χ0n) is 13.5. The second kappa shape index (κ2) is 5.02. The average Bonchev–Trinajstić information content (AvgIpc) is 2.97. The number of rotatable bonds is 0. The third-order valence-electron chi connectivity index (χ3n) is 5.38. The Morgan fingerprint density at radius 2 is 1.79 bits per heavy atom. The highest BCUT2D eigenvalue weighted by Crippen LogP contribution is 2.53. The van der Waals surface area contributed by atoms with E-state index in [0.717, 1.165) is 37.3 Å². The number of nitrogens with zero attached hydrogens (tertiary/aromatic N) is 4. The highest BCUT2D eigenvalue weighted by atomic mass is 15.4. The maximum atomic E-state index is 9.94. The highest BCUT2D eigenvalue weighted by Gasteiger charge is 2.50. The maximum Gasteiger partial charge on any atom is 0.131 e. The molecule has 120 valence electrons. The Labute approximate surface area is 141 Å². The normalized spacial score (nSPS) is 21.9. The molecule has 1 spiro atoms. The van der Waals surface area contributed by atoms with Crippen LogP contribution in [0.5, 0.6) is 0 Å². The third kappa shape index (κ3) is 1.72. The van der Waals surface area contributed by atoms with Gasteiger partial charge >= 0.3 is 0 Å². The molecule has 0 bridgehead atoms. The van der Waals surface area contributed by atoms with Gasteiger partial charge in [0, 0.05) is 0 Å².